The first kappa shape index (κ1) is 17.5. The molecule has 0 spiro atoms. The third-order valence-electron chi connectivity index (χ3n) is 3.14. The summed E-state index contributed by atoms with van der Waals surface area (Å²) in [6.07, 6.45) is -0.0311. The van der Waals surface area contributed by atoms with Crippen molar-refractivity contribution < 1.29 is 19.1 Å². The van der Waals surface area contributed by atoms with Gasteiger partial charge in [-0.25, -0.2) is 0 Å². The van der Waals surface area contributed by atoms with Crippen LogP contribution in [-0.2, 0) is 11.2 Å². The van der Waals surface area contributed by atoms with Crippen LogP contribution >= 0.6 is 27.5 Å². The monoisotopic (exact) mass is 396 g/mol. The summed E-state index contributed by atoms with van der Waals surface area (Å²) < 4.78 is 11.3. The standard InChI is InChI=1S/C17H14BrClO4/c1-10(20)11-3-5-15(22-2)12(7-11)8-17(21)23-16-6-4-13(18)9-14(16)19/h3-7,9H,8H2,1-2H3. The highest BCUT2D eigenvalue weighted by atomic mass is 79.9. The van der Waals surface area contributed by atoms with Crippen molar-refractivity contribution in [2.45, 2.75) is 13.3 Å². The number of hydrogen-bond donors (Lipinski definition) is 0. The molecule has 0 heterocycles. The van der Waals surface area contributed by atoms with E-state index in [-0.39, 0.29) is 18.0 Å². The number of carbonyl (C=O) groups excluding carboxylic acids is 2. The lowest BCUT2D eigenvalue weighted by Gasteiger charge is -2.10. The van der Waals surface area contributed by atoms with Gasteiger partial charge in [-0.3, -0.25) is 9.59 Å². The molecule has 0 aliphatic rings. The number of carbonyl (C=O) groups is 2. The van der Waals surface area contributed by atoms with E-state index in [0.29, 0.717) is 21.9 Å². The molecule has 0 saturated carbocycles. The molecule has 0 saturated heterocycles. The van der Waals surface area contributed by atoms with Crippen LogP contribution in [0.25, 0.3) is 0 Å². The molecule has 0 radical (unpaired) electrons. The van der Waals surface area contributed by atoms with E-state index in [1.807, 2.05) is 0 Å². The Balaban J connectivity index is 2.19. The Morgan fingerprint density at radius 2 is 1.83 bits per heavy atom. The Morgan fingerprint density at radius 3 is 2.43 bits per heavy atom. The molecule has 0 atom stereocenters. The number of esters is 1. The molecule has 0 aromatic heterocycles. The topological polar surface area (TPSA) is 52.6 Å². The van der Waals surface area contributed by atoms with Gasteiger partial charge in [0.15, 0.2) is 5.78 Å². The summed E-state index contributed by atoms with van der Waals surface area (Å²) in [5.74, 6) is 0.224. The lowest BCUT2D eigenvalue weighted by atomic mass is 10.0. The fourth-order valence-electron chi connectivity index (χ4n) is 2.01. The number of benzene rings is 2. The summed E-state index contributed by atoms with van der Waals surface area (Å²) in [5, 5.41) is 0.331. The van der Waals surface area contributed by atoms with Crippen molar-refractivity contribution in [1.29, 1.82) is 0 Å². The SMILES string of the molecule is COc1ccc(C(C)=O)cc1CC(=O)Oc1ccc(Br)cc1Cl. The Bertz CT molecular complexity index is 758. The minimum Gasteiger partial charge on any atom is -0.496 e. The molecule has 0 amide bonds. The molecule has 0 unspecified atom stereocenters. The van der Waals surface area contributed by atoms with Gasteiger partial charge in [-0.1, -0.05) is 27.5 Å². The lowest BCUT2D eigenvalue weighted by molar-refractivity contribution is -0.133. The Labute approximate surface area is 147 Å². The fourth-order valence-corrected chi connectivity index (χ4v) is 2.72. The van der Waals surface area contributed by atoms with Crippen LogP contribution in [0, 0.1) is 0 Å². The highest BCUT2D eigenvalue weighted by Gasteiger charge is 2.14. The maximum Gasteiger partial charge on any atom is 0.315 e. The molecule has 0 aliphatic carbocycles. The molecule has 2 aromatic carbocycles. The first-order chi connectivity index (χ1) is 10.9. The van der Waals surface area contributed by atoms with Crippen LogP contribution in [0.15, 0.2) is 40.9 Å². The molecule has 0 bridgehead atoms. The molecule has 23 heavy (non-hydrogen) atoms. The van der Waals surface area contributed by atoms with E-state index in [4.69, 9.17) is 21.1 Å². The van der Waals surface area contributed by atoms with Gasteiger partial charge in [-0.2, -0.15) is 0 Å². The van der Waals surface area contributed by atoms with Crippen LogP contribution in [0.5, 0.6) is 11.5 Å². The molecule has 0 N–H and O–H groups in total. The summed E-state index contributed by atoms with van der Waals surface area (Å²) in [7, 11) is 1.50. The van der Waals surface area contributed by atoms with Crippen LogP contribution in [-0.4, -0.2) is 18.9 Å². The smallest absolute Gasteiger partial charge is 0.315 e. The number of halogens is 2. The van der Waals surface area contributed by atoms with Gasteiger partial charge >= 0.3 is 5.97 Å². The van der Waals surface area contributed by atoms with Crippen LogP contribution in [0.3, 0.4) is 0 Å². The molecule has 2 rings (SSSR count). The zero-order valence-corrected chi connectivity index (χ0v) is 14.9. The number of hydrogen-bond acceptors (Lipinski definition) is 4. The second-order valence-electron chi connectivity index (χ2n) is 4.81. The lowest BCUT2D eigenvalue weighted by Crippen LogP contribution is -2.12. The predicted molar refractivity (Wildman–Crippen MR) is 91.5 cm³/mol. The van der Waals surface area contributed by atoms with Crippen LogP contribution in [0.4, 0.5) is 0 Å². The second kappa shape index (κ2) is 7.62. The number of Topliss-reactive ketones (excluding diaryl/α,β-unsaturated/α-hetero) is 1. The van der Waals surface area contributed by atoms with Crippen LogP contribution < -0.4 is 9.47 Å². The molecule has 0 aliphatic heterocycles. The van der Waals surface area contributed by atoms with Crippen molar-refractivity contribution in [3.63, 3.8) is 0 Å². The summed E-state index contributed by atoms with van der Waals surface area (Å²) in [6.45, 7) is 1.46. The average Bonchev–Trinajstić information content (AvgIpc) is 2.50. The minimum absolute atomic E-state index is 0.0311. The normalized spacial score (nSPS) is 10.3. The van der Waals surface area contributed by atoms with Crippen molar-refractivity contribution in [2.24, 2.45) is 0 Å². The van der Waals surface area contributed by atoms with Crippen molar-refractivity contribution >= 4 is 39.3 Å². The van der Waals surface area contributed by atoms with Crippen LogP contribution in [0.2, 0.25) is 5.02 Å². The van der Waals surface area contributed by atoms with E-state index in [2.05, 4.69) is 15.9 Å². The maximum atomic E-state index is 12.1. The quantitative estimate of drug-likeness (QED) is 0.424. The third-order valence-corrected chi connectivity index (χ3v) is 3.93. The summed E-state index contributed by atoms with van der Waals surface area (Å²) >= 11 is 9.31. The largest absolute Gasteiger partial charge is 0.496 e. The average molecular weight is 398 g/mol. The van der Waals surface area contributed by atoms with Crippen molar-refractivity contribution in [2.75, 3.05) is 7.11 Å². The van der Waals surface area contributed by atoms with Gasteiger partial charge in [-0.05, 0) is 43.3 Å². The maximum absolute atomic E-state index is 12.1. The van der Waals surface area contributed by atoms with Gasteiger partial charge in [0.1, 0.15) is 11.5 Å². The number of ketones is 1. The molecule has 120 valence electrons. The number of methoxy groups -OCH3 is 1. The van der Waals surface area contributed by atoms with E-state index >= 15 is 0 Å². The second-order valence-corrected chi connectivity index (χ2v) is 6.13. The highest BCUT2D eigenvalue weighted by Crippen LogP contribution is 2.28. The fraction of sp³-hybridized carbons (Fsp3) is 0.176. The Hall–Kier alpha value is -1.85. The van der Waals surface area contributed by atoms with Gasteiger partial charge in [0.05, 0.1) is 18.6 Å². The van der Waals surface area contributed by atoms with E-state index in [0.717, 1.165) is 4.47 Å². The van der Waals surface area contributed by atoms with Gasteiger partial charge in [-0.15, -0.1) is 0 Å². The van der Waals surface area contributed by atoms with Gasteiger partial charge < -0.3 is 9.47 Å². The van der Waals surface area contributed by atoms with E-state index in [1.165, 1.54) is 14.0 Å². The third kappa shape index (κ3) is 4.56. The zero-order chi connectivity index (χ0) is 17.0. The number of ether oxygens (including phenoxy) is 2. The van der Waals surface area contributed by atoms with E-state index in [1.54, 1.807) is 36.4 Å². The first-order valence-electron chi connectivity index (χ1n) is 6.74. The van der Waals surface area contributed by atoms with Crippen LogP contribution in [0.1, 0.15) is 22.8 Å². The number of rotatable bonds is 5. The van der Waals surface area contributed by atoms with Gasteiger partial charge in [0.2, 0.25) is 0 Å². The molecule has 2 aromatic rings. The predicted octanol–water partition coefficient (Wildman–Crippen LogP) is 4.46. The van der Waals surface area contributed by atoms with Crippen molar-refractivity contribution in [3.05, 3.63) is 57.0 Å². The summed E-state index contributed by atoms with van der Waals surface area (Å²) in [5.41, 5.74) is 1.09. The Morgan fingerprint density at radius 1 is 1.13 bits per heavy atom. The first-order valence-corrected chi connectivity index (χ1v) is 7.91. The molecule has 0 fully saturated rings. The summed E-state index contributed by atoms with van der Waals surface area (Å²) in [6, 6.07) is 9.92. The molecule has 6 heteroatoms. The molecular formula is C17H14BrClO4. The van der Waals surface area contributed by atoms with Crippen molar-refractivity contribution in [1.82, 2.24) is 0 Å². The molecular weight excluding hydrogens is 384 g/mol. The minimum atomic E-state index is -0.492. The van der Waals surface area contributed by atoms with Crippen molar-refractivity contribution in [3.8, 4) is 11.5 Å². The Kier molecular flexibility index (Phi) is 5.80. The summed E-state index contributed by atoms with van der Waals surface area (Å²) in [4.78, 5) is 23.6. The van der Waals surface area contributed by atoms with E-state index < -0.39 is 5.97 Å². The van der Waals surface area contributed by atoms with E-state index in [9.17, 15) is 9.59 Å². The molecule has 4 nitrogen and oxygen atoms in total. The van der Waals surface area contributed by atoms with Gasteiger partial charge in [0, 0.05) is 15.6 Å². The van der Waals surface area contributed by atoms with Gasteiger partial charge in [0.25, 0.3) is 0 Å². The highest BCUT2D eigenvalue weighted by molar-refractivity contribution is 9.10. The zero-order valence-electron chi connectivity index (χ0n) is 12.6.